The van der Waals surface area contributed by atoms with E-state index in [9.17, 15) is 4.79 Å². The van der Waals surface area contributed by atoms with Gasteiger partial charge < -0.3 is 11.1 Å². The van der Waals surface area contributed by atoms with Crippen LogP contribution in [0.2, 0.25) is 10.0 Å². The van der Waals surface area contributed by atoms with E-state index in [0.717, 1.165) is 12.8 Å². The predicted molar refractivity (Wildman–Crippen MR) is 88.0 cm³/mol. The number of carbonyl (C=O) groups excluding carboxylic acids is 1. The minimum absolute atomic E-state index is 0.201. The SMILES string of the molecule is Nc1cc(C(=O)NCCCc2ccccc2)cc(Cl)c1Cl. The van der Waals surface area contributed by atoms with Crippen LogP contribution in [0.1, 0.15) is 22.3 Å². The van der Waals surface area contributed by atoms with Crippen molar-refractivity contribution in [3.8, 4) is 0 Å². The van der Waals surface area contributed by atoms with Gasteiger partial charge in [-0.25, -0.2) is 0 Å². The van der Waals surface area contributed by atoms with E-state index < -0.39 is 0 Å². The van der Waals surface area contributed by atoms with Crippen LogP contribution < -0.4 is 11.1 Å². The molecule has 2 rings (SSSR count). The molecule has 3 N–H and O–H groups in total. The highest BCUT2D eigenvalue weighted by Crippen LogP contribution is 2.29. The molecule has 0 saturated carbocycles. The smallest absolute Gasteiger partial charge is 0.251 e. The molecule has 0 aliphatic carbocycles. The van der Waals surface area contributed by atoms with Crippen LogP contribution in [-0.2, 0) is 6.42 Å². The maximum atomic E-state index is 12.0. The number of rotatable bonds is 5. The summed E-state index contributed by atoms with van der Waals surface area (Å²) < 4.78 is 0. The molecule has 0 aliphatic rings. The molecule has 2 aromatic carbocycles. The zero-order chi connectivity index (χ0) is 15.2. The lowest BCUT2D eigenvalue weighted by molar-refractivity contribution is 0.0953. The zero-order valence-corrected chi connectivity index (χ0v) is 12.9. The average molecular weight is 323 g/mol. The summed E-state index contributed by atoms with van der Waals surface area (Å²) in [4.78, 5) is 12.0. The highest BCUT2D eigenvalue weighted by Gasteiger charge is 2.10. The highest BCUT2D eigenvalue weighted by molar-refractivity contribution is 6.43. The van der Waals surface area contributed by atoms with Crippen LogP contribution >= 0.6 is 23.2 Å². The summed E-state index contributed by atoms with van der Waals surface area (Å²) in [6.45, 7) is 0.591. The minimum Gasteiger partial charge on any atom is -0.397 e. The van der Waals surface area contributed by atoms with E-state index in [1.54, 1.807) is 0 Å². The van der Waals surface area contributed by atoms with E-state index >= 15 is 0 Å². The van der Waals surface area contributed by atoms with E-state index in [1.165, 1.54) is 17.7 Å². The van der Waals surface area contributed by atoms with Crippen molar-refractivity contribution in [3.05, 3.63) is 63.6 Å². The van der Waals surface area contributed by atoms with Crippen molar-refractivity contribution in [3.63, 3.8) is 0 Å². The molecule has 0 unspecified atom stereocenters. The molecular formula is C16H16Cl2N2O. The van der Waals surface area contributed by atoms with E-state index in [4.69, 9.17) is 28.9 Å². The van der Waals surface area contributed by atoms with Crippen molar-refractivity contribution in [2.45, 2.75) is 12.8 Å². The number of anilines is 1. The molecule has 0 radical (unpaired) electrons. The molecular weight excluding hydrogens is 307 g/mol. The zero-order valence-electron chi connectivity index (χ0n) is 11.4. The average Bonchev–Trinajstić information content (AvgIpc) is 2.49. The number of halogens is 2. The third kappa shape index (κ3) is 4.38. The van der Waals surface area contributed by atoms with Gasteiger partial charge >= 0.3 is 0 Å². The maximum absolute atomic E-state index is 12.0. The van der Waals surface area contributed by atoms with Gasteiger partial charge in [0.25, 0.3) is 5.91 Å². The number of nitrogens with two attached hydrogens (primary N) is 1. The Morgan fingerprint density at radius 3 is 2.52 bits per heavy atom. The molecule has 0 bridgehead atoms. The molecule has 2 aromatic rings. The Morgan fingerprint density at radius 1 is 1.14 bits per heavy atom. The monoisotopic (exact) mass is 322 g/mol. The summed E-state index contributed by atoms with van der Waals surface area (Å²) in [6.07, 6.45) is 1.79. The molecule has 0 heterocycles. The molecule has 3 nitrogen and oxygen atoms in total. The quantitative estimate of drug-likeness (QED) is 0.647. The Hall–Kier alpha value is -1.71. The first-order valence-electron chi connectivity index (χ1n) is 6.64. The Bertz CT molecular complexity index is 606. The molecule has 0 fully saturated rings. The summed E-state index contributed by atoms with van der Waals surface area (Å²) in [5.74, 6) is -0.201. The van der Waals surface area contributed by atoms with Gasteiger partial charge in [0.15, 0.2) is 0 Å². The number of carbonyl (C=O) groups is 1. The number of amides is 1. The van der Waals surface area contributed by atoms with Crippen molar-refractivity contribution < 1.29 is 4.79 Å². The van der Waals surface area contributed by atoms with Crippen molar-refractivity contribution in [2.75, 3.05) is 12.3 Å². The number of aryl methyl sites for hydroxylation is 1. The summed E-state index contributed by atoms with van der Waals surface area (Å²) in [5.41, 5.74) is 7.67. The second-order valence-corrected chi connectivity index (χ2v) is 5.49. The third-order valence-corrected chi connectivity index (χ3v) is 3.91. The molecule has 1 amide bonds. The van der Waals surface area contributed by atoms with Crippen LogP contribution in [0.4, 0.5) is 5.69 Å². The first kappa shape index (κ1) is 15.7. The fourth-order valence-electron chi connectivity index (χ4n) is 1.98. The van der Waals surface area contributed by atoms with Gasteiger partial charge in [-0.2, -0.15) is 0 Å². The summed E-state index contributed by atoms with van der Waals surface area (Å²) in [7, 11) is 0. The molecule has 110 valence electrons. The van der Waals surface area contributed by atoms with Crippen LogP contribution in [0.3, 0.4) is 0 Å². The lowest BCUT2D eigenvalue weighted by Crippen LogP contribution is -2.24. The van der Waals surface area contributed by atoms with E-state index in [2.05, 4.69) is 17.4 Å². The van der Waals surface area contributed by atoms with Crippen molar-refractivity contribution in [1.29, 1.82) is 0 Å². The van der Waals surface area contributed by atoms with Gasteiger partial charge in [-0.3, -0.25) is 4.79 Å². The van der Waals surface area contributed by atoms with E-state index in [1.807, 2.05) is 18.2 Å². The van der Waals surface area contributed by atoms with Crippen LogP contribution in [0.15, 0.2) is 42.5 Å². The maximum Gasteiger partial charge on any atom is 0.251 e. The van der Waals surface area contributed by atoms with Gasteiger partial charge in [0.05, 0.1) is 15.7 Å². The molecule has 5 heteroatoms. The van der Waals surface area contributed by atoms with Crippen molar-refractivity contribution in [1.82, 2.24) is 5.32 Å². The molecule has 21 heavy (non-hydrogen) atoms. The lowest BCUT2D eigenvalue weighted by Gasteiger charge is -2.08. The van der Waals surface area contributed by atoms with Crippen molar-refractivity contribution >= 4 is 34.8 Å². The van der Waals surface area contributed by atoms with E-state index in [0.29, 0.717) is 17.8 Å². The standard InChI is InChI=1S/C16H16Cl2N2O/c17-13-9-12(10-14(19)15(13)18)16(21)20-8-4-7-11-5-2-1-3-6-11/h1-3,5-6,9-10H,4,7-8,19H2,(H,20,21). The molecule has 0 aromatic heterocycles. The van der Waals surface area contributed by atoms with Crippen LogP contribution in [0, 0.1) is 0 Å². The number of benzene rings is 2. The van der Waals surface area contributed by atoms with Gasteiger partial charge in [0.1, 0.15) is 0 Å². The van der Waals surface area contributed by atoms with Gasteiger partial charge in [-0.05, 0) is 30.5 Å². The molecule has 0 aliphatic heterocycles. The lowest BCUT2D eigenvalue weighted by atomic mass is 10.1. The highest BCUT2D eigenvalue weighted by atomic mass is 35.5. The Balaban J connectivity index is 1.85. The number of hydrogen-bond donors (Lipinski definition) is 2. The second-order valence-electron chi connectivity index (χ2n) is 4.71. The van der Waals surface area contributed by atoms with Crippen LogP contribution in [0.25, 0.3) is 0 Å². The Morgan fingerprint density at radius 2 is 1.86 bits per heavy atom. The molecule has 0 atom stereocenters. The number of nitrogens with one attached hydrogen (secondary N) is 1. The second kappa shape index (κ2) is 7.34. The minimum atomic E-state index is -0.201. The van der Waals surface area contributed by atoms with Gasteiger partial charge in [-0.15, -0.1) is 0 Å². The molecule has 0 saturated heterocycles. The Labute approximate surface area is 134 Å². The van der Waals surface area contributed by atoms with Gasteiger partial charge in [0, 0.05) is 12.1 Å². The first-order chi connectivity index (χ1) is 10.1. The summed E-state index contributed by atoms with van der Waals surface area (Å²) in [5, 5.41) is 3.41. The van der Waals surface area contributed by atoms with Crippen molar-refractivity contribution in [2.24, 2.45) is 0 Å². The van der Waals surface area contributed by atoms with Gasteiger partial charge in [-0.1, -0.05) is 53.5 Å². The van der Waals surface area contributed by atoms with Crippen LogP contribution in [-0.4, -0.2) is 12.5 Å². The first-order valence-corrected chi connectivity index (χ1v) is 7.40. The van der Waals surface area contributed by atoms with Gasteiger partial charge in [0.2, 0.25) is 0 Å². The fourth-order valence-corrected chi connectivity index (χ4v) is 2.32. The summed E-state index contributed by atoms with van der Waals surface area (Å²) in [6, 6.07) is 13.2. The Kier molecular flexibility index (Phi) is 5.48. The largest absolute Gasteiger partial charge is 0.397 e. The topological polar surface area (TPSA) is 55.1 Å². The summed E-state index contributed by atoms with van der Waals surface area (Å²) >= 11 is 11.8. The normalized spacial score (nSPS) is 10.4. The van der Waals surface area contributed by atoms with E-state index in [-0.39, 0.29) is 16.0 Å². The predicted octanol–water partition coefficient (Wildman–Crippen LogP) is 3.94. The number of hydrogen-bond acceptors (Lipinski definition) is 2. The number of nitrogen functional groups attached to an aromatic ring is 1. The fraction of sp³-hybridized carbons (Fsp3) is 0.188. The molecule has 0 spiro atoms. The van der Waals surface area contributed by atoms with Crippen LogP contribution in [0.5, 0.6) is 0 Å². The third-order valence-electron chi connectivity index (χ3n) is 3.09.